The van der Waals surface area contributed by atoms with Crippen LogP contribution in [0.25, 0.3) is 0 Å². The Morgan fingerprint density at radius 2 is 2.19 bits per heavy atom. The monoisotopic (exact) mass is 310 g/mol. The molecule has 0 radical (unpaired) electrons. The van der Waals surface area contributed by atoms with Gasteiger partial charge >= 0.3 is 0 Å². The molecule has 1 aliphatic rings. The third kappa shape index (κ3) is 5.30. The summed E-state index contributed by atoms with van der Waals surface area (Å²) in [5.41, 5.74) is 1.04. The number of carbonyl (C=O) groups excluding carboxylic acids is 1. The highest BCUT2D eigenvalue weighted by molar-refractivity contribution is 6.30. The predicted molar refractivity (Wildman–Crippen MR) is 84.4 cm³/mol. The third-order valence-electron chi connectivity index (χ3n) is 3.73. The Kier molecular flexibility index (Phi) is 6.49. The number of ether oxygens (including phenoxy) is 1. The largest absolute Gasteiger partial charge is 0.368 e. The van der Waals surface area contributed by atoms with Gasteiger partial charge in [-0.3, -0.25) is 4.79 Å². The molecule has 0 spiro atoms. The lowest BCUT2D eigenvalue weighted by Crippen LogP contribution is -2.37. The van der Waals surface area contributed by atoms with Crippen LogP contribution in [0.4, 0.5) is 0 Å². The molecule has 1 heterocycles. The number of likely N-dealkylation sites (N-methyl/N-ethyl adjacent to an activating group) is 1. The highest BCUT2D eigenvalue weighted by Crippen LogP contribution is 2.13. The zero-order valence-corrected chi connectivity index (χ0v) is 13.2. The van der Waals surface area contributed by atoms with E-state index < -0.39 is 0 Å². The first-order chi connectivity index (χ1) is 10.2. The molecular weight excluding hydrogens is 288 g/mol. The fourth-order valence-corrected chi connectivity index (χ4v) is 2.69. The van der Waals surface area contributed by atoms with Crippen molar-refractivity contribution in [1.82, 2.24) is 10.2 Å². The molecule has 1 N–H and O–H groups in total. The van der Waals surface area contributed by atoms with Crippen molar-refractivity contribution in [2.45, 2.75) is 32.4 Å². The normalized spacial score (nSPS) is 15.9. The van der Waals surface area contributed by atoms with Gasteiger partial charge in [0, 0.05) is 18.1 Å². The van der Waals surface area contributed by atoms with Crippen molar-refractivity contribution in [1.29, 1.82) is 0 Å². The van der Waals surface area contributed by atoms with Gasteiger partial charge in [-0.1, -0.05) is 23.7 Å². The van der Waals surface area contributed by atoms with Gasteiger partial charge in [0.1, 0.15) is 6.61 Å². The minimum atomic E-state index is 0.0380. The molecule has 1 saturated heterocycles. The zero-order chi connectivity index (χ0) is 15.1. The van der Waals surface area contributed by atoms with Gasteiger partial charge in [-0.25, -0.2) is 0 Å². The molecule has 1 aromatic carbocycles. The Morgan fingerprint density at radius 1 is 1.43 bits per heavy atom. The molecule has 0 atom stereocenters. The topological polar surface area (TPSA) is 41.6 Å². The van der Waals surface area contributed by atoms with Gasteiger partial charge in [0.25, 0.3) is 0 Å². The molecule has 1 amide bonds. The maximum Gasteiger partial charge on any atom is 0.248 e. The van der Waals surface area contributed by atoms with Crippen molar-refractivity contribution >= 4 is 17.5 Å². The quantitative estimate of drug-likeness (QED) is 0.877. The number of nitrogens with one attached hydrogen (secondary N) is 1. The van der Waals surface area contributed by atoms with Crippen LogP contribution in [0.5, 0.6) is 0 Å². The average Bonchev–Trinajstić information content (AvgIpc) is 2.51. The van der Waals surface area contributed by atoms with Crippen LogP contribution in [-0.2, 0) is 16.1 Å². The minimum absolute atomic E-state index is 0.0380. The molecule has 1 aromatic rings. The van der Waals surface area contributed by atoms with E-state index in [0.29, 0.717) is 18.1 Å². The molecule has 1 aliphatic heterocycles. The highest BCUT2D eigenvalue weighted by Gasteiger charge is 2.17. The van der Waals surface area contributed by atoms with Crippen LogP contribution < -0.4 is 5.32 Å². The number of halogens is 1. The highest BCUT2D eigenvalue weighted by atomic mass is 35.5. The number of hydrogen-bond donors (Lipinski definition) is 1. The Labute approximate surface area is 131 Å². The molecule has 4 nitrogen and oxygen atoms in total. The first-order valence-electron chi connectivity index (χ1n) is 7.53. The van der Waals surface area contributed by atoms with Crippen LogP contribution in [-0.4, -0.2) is 43.2 Å². The Morgan fingerprint density at radius 3 is 2.86 bits per heavy atom. The average molecular weight is 311 g/mol. The molecule has 0 unspecified atom stereocenters. The van der Waals surface area contributed by atoms with Crippen LogP contribution in [0.1, 0.15) is 25.3 Å². The van der Waals surface area contributed by atoms with E-state index in [1.807, 2.05) is 31.2 Å². The number of carbonyl (C=O) groups is 1. The summed E-state index contributed by atoms with van der Waals surface area (Å²) in [4.78, 5) is 14.1. The van der Waals surface area contributed by atoms with Crippen molar-refractivity contribution in [2.75, 3.05) is 26.2 Å². The Hall–Kier alpha value is -1.10. The van der Waals surface area contributed by atoms with Crippen LogP contribution in [0.15, 0.2) is 24.3 Å². The second kappa shape index (κ2) is 8.37. The molecular formula is C16H23ClN2O2. The second-order valence-electron chi connectivity index (χ2n) is 5.30. The Bertz CT molecular complexity index is 461. The molecule has 1 fully saturated rings. The van der Waals surface area contributed by atoms with Gasteiger partial charge in [0.2, 0.25) is 5.91 Å². The summed E-state index contributed by atoms with van der Waals surface area (Å²) in [6.45, 7) is 5.33. The first kappa shape index (κ1) is 16.3. The first-order valence-corrected chi connectivity index (χ1v) is 7.91. The van der Waals surface area contributed by atoms with Gasteiger partial charge in [0.05, 0.1) is 6.10 Å². The maximum absolute atomic E-state index is 12.3. The minimum Gasteiger partial charge on any atom is -0.368 e. The second-order valence-corrected chi connectivity index (χ2v) is 5.73. The number of hydrogen-bond acceptors (Lipinski definition) is 3. The van der Waals surface area contributed by atoms with Gasteiger partial charge in [0.15, 0.2) is 0 Å². The smallest absolute Gasteiger partial charge is 0.248 e. The molecule has 116 valence electrons. The van der Waals surface area contributed by atoms with Crippen molar-refractivity contribution in [3.63, 3.8) is 0 Å². The predicted octanol–water partition coefficient (Wildman–Crippen LogP) is 2.46. The molecule has 5 heteroatoms. The van der Waals surface area contributed by atoms with Crippen LogP contribution in [0.3, 0.4) is 0 Å². The van der Waals surface area contributed by atoms with E-state index in [1.54, 1.807) is 4.90 Å². The van der Waals surface area contributed by atoms with Crippen molar-refractivity contribution in [2.24, 2.45) is 0 Å². The van der Waals surface area contributed by atoms with E-state index in [-0.39, 0.29) is 18.6 Å². The van der Waals surface area contributed by atoms with Gasteiger partial charge < -0.3 is 15.0 Å². The van der Waals surface area contributed by atoms with Crippen molar-refractivity contribution in [3.05, 3.63) is 34.9 Å². The van der Waals surface area contributed by atoms with E-state index in [4.69, 9.17) is 16.3 Å². The molecule has 21 heavy (non-hydrogen) atoms. The lowest BCUT2D eigenvalue weighted by Gasteiger charge is -2.25. The Balaban J connectivity index is 1.83. The fourth-order valence-electron chi connectivity index (χ4n) is 2.47. The van der Waals surface area contributed by atoms with Gasteiger partial charge in [-0.05, 0) is 50.6 Å². The number of piperidine rings is 1. The number of nitrogens with zero attached hydrogens (tertiary/aromatic N) is 1. The van der Waals surface area contributed by atoms with Gasteiger partial charge in [-0.2, -0.15) is 0 Å². The molecule has 0 saturated carbocycles. The maximum atomic E-state index is 12.3. The van der Waals surface area contributed by atoms with E-state index in [2.05, 4.69) is 5.32 Å². The SMILES string of the molecule is CCN(Cc1cccc(Cl)c1)C(=O)COC1CCNCC1. The van der Waals surface area contributed by atoms with E-state index >= 15 is 0 Å². The van der Waals surface area contributed by atoms with Crippen molar-refractivity contribution < 1.29 is 9.53 Å². The summed E-state index contributed by atoms with van der Waals surface area (Å²) >= 11 is 5.98. The van der Waals surface area contributed by atoms with Gasteiger partial charge in [-0.15, -0.1) is 0 Å². The lowest BCUT2D eigenvalue weighted by atomic mass is 10.1. The number of benzene rings is 1. The lowest BCUT2D eigenvalue weighted by molar-refractivity contribution is -0.139. The summed E-state index contributed by atoms with van der Waals surface area (Å²) in [6, 6.07) is 7.62. The standard InChI is InChI=1S/C16H23ClN2O2/c1-2-19(11-13-4-3-5-14(17)10-13)16(20)12-21-15-6-8-18-9-7-15/h3-5,10,15,18H,2,6-9,11-12H2,1H3. The van der Waals surface area contributed by atoms with Crippen LogP contribution in [0.2, 0.25) is 5.02 Å². The molecule has 0 aromatic heterocycles. The fraction of sp³-hybridized carbons (Fsp3) is 0.562. The zero-order valence-electron chi connectivity index (χ0n) is 12.5. The van der Waals surface area contributed by atoms with Crippen LogP contribution >= 0.6 is 11.6 Å². The summed E-state index contributed by atoms with van der Waals surface area (Å²) in [5.74, 6) is 0.0380. The van der Waals surface area contributed by atoms with E-state index in [1.165, 1.54) is 0 Å². The summed E-state index contributed by atoms with van der Waals surface area (Å²) in [7, 11) is 0. The summed E-state index contributed by atoms with van der Waals surface area (Å²) in [5, 5.41) is 3.98. The van der Waals surface area contributed by atoms with E-state index in [0.717, 1.165) is 31.5 Å². The van der Waals surface area contributed by atoms with E-state index in [9.17, 15) is 4.79 Å². The number of amides is 1. The molecule has 0 aliphatic carbocycles. The summed E-state index contributed by atoms with van der Waals surface area (Å²) in [6.07, 6.45) is 2.17. The number of rotatable bonds is 6. The third-order valence-corrected chi connectivity index (χ3v) is 3.96. The summed E-state index contributed by atoms with van der Waals surface area (Å²) < 4.78 is 5.73. The molecule has 2 rings (SSSR count). The van der Waals surface area contributed by atoms with Crippen molar-refractivity contribution in [3.8, 4) is 0 Å². The van der Waals surface area contributed by atoms with Crippen LogP contribution in [0, 0.1) is 0 Å². The molecule has 0 bridgehead atoms.